The number of esters is 3. The van der Waals surface area contributed by atoms with Crippen LogP contribution in [0.1, 0.15) is 355 Å². The van der Waals surface area contributed by atoms with Crippen molar-refractivity contribution in [3.63, 3.8) is 0 Å². The van der Waals surface area contributed by atoms with Gasteiger partial charge in [0.15, 0.2) is 6.10 Å². The fourth-order valence-electron chi connectivity index (χ4n) is 10.1. The molecule has 0 heterocycles. The lowest BCUT2D eigenvalue weighted by molar-refractivity contribution is -0.167. The summed E-state index contributed by atoms with van der Waals surface area (Å²) in [6.45, 7) is 6.52. The lowest BCUT2D eigenvalue weighted by atomic mass is 10.0. The van der Waals surface area contributed by atoms with Crippen LogP contribution in [0.2, 0.25) is 0 Å². The second-order valence-corrected chi connectivity index (χ2v) is 23.4. The molecule has 81 heavy (non-hydrogen) atoms. The van der Waals surface area contributed by atoms with Crippen molar-refractivity contribution in [2.45, 2.75) is 361 Å². The molecule has 0 radical (unpaired) electrons. The maximum atomic E-state index is 12.9. The first-order valence-electron chi connectivity index (χ1n) is 35.1. The minimum atomic E-state index is -0.802. The van der Waals surface area contributed by atoms with E-state index in [1.54, 1.807) is 0 Å². The molecule has 0 spiro atoms. The first-order chi connectivity index (χ1) is 40.0. The van der Waals surface area contributed by atoms with Gasteiger partial charge in [-0.1, -0.05) is 311 Å². The number of unbranched alkanes of at least 4 members (excludes halogenated alkanes) is 39. The zero-order valence-corrected chi connectivity index (χ0v) is 53.8. The number of ether oxygens (including phenoxy) is 3. The van der Waals surface area contributed by atoms with Crippen molar-refractivity contribution < 1.29 is 28.6 Å². The molecule has 1 unspecified atom stereocenters. The summed E-state index contributed by atoms with van der Waals surface area (Å²) in [6, 6.07) is 0. The highest BCUT2D eigenvalue weighted by Gasteiger charge is 2.19. The van der Waals surface area contributed by atoms with Gasteiger partial charge >= 0.3 is 17.9 Å². The molecule has 0 N–H and O–H groups in total. The zero-order valence-electron chi connectivity index (χ0n) is 53.8. The van der Waals surface area contributed by atoms with E-state index < -0.39 is 6.10 Å². The van der Waals surface area contributed by atoms with Gasteiger partial charge in [0.1, 0.15) is 13.2 Å². The fourth-order valence-corrected chi connectivity index (χ4v) is 10.1. The standard InChI is InChI=1S/C75H132O6/c1-4-7-10-13-16-19-22-25-28-31-33-34-35-36-37-38-39-40-42-44-47-50-53-56-59-62-65-68-74(77)80-71-72(70-79-73(76)67-64-61-58-55-52-49-46-43-30-27-24-21-18-15-12-9-6-3)81-75(78)69-66-63-60-57-54-51-48-45-41-32-29-26-23-20-17-14-11-8-5-2/h9,12,18,21,26-27,29-31,33,46,49,55,58,72H,4-8,10-11,13-17,19-20,22-25,28,32,34-45,47-48,50-54,56-57,59-71H2,1-3H3/b12-9-,21-18-,29-26-,30-27-,33-31-,49-46-,58-55-. The predicted molar refractivity (Wildman–Crippen MR) is 353 cm³/mol. The Balaban J connectivity index is 4.34. The highest BCUT2D eigenvalue weighted by atomic mass is 16.6. The van der Waals surface area contributed by atoms with Gasteiger partial charge in [-0.25, -0.2) is 0 Å². The maximum absolute atomic E-state index is 12.9. The molecule has 0 aliphatic heterocycles. The van der Waals surface area contributed by atoms with E-state index in [1.165, 1.54) is 231 Å². The van der Waals surface area contributed by atoms with E-state index in [4.69, 9.17) is 14.2 Å². The lowest BCUT2D eigenvalue weighted by Gasteiger charge is -2.18. The molecule has 6 nitrogen and oxygen atoms in total. The van der Waals surface area contributed by atoms with E-state index in [0.29, 0.717) is 19.3 Å². The fraction of sp³-hybridized carbons (Fsp3) is 0.773. The molecule has 0 aromatic rings. The van der Waals surface area contributed by atoms with Crippen molar-refractivity contribution >= 4 is 17.9 Å². The third-order valence-electron chi connectivity index (χ3n) is 15.4. The van der Waals surface area contributed by atoms with Gasteiger partial charge in [0.25, 0.3) is 0 Å². The van der Waals surface area contributed by atoms with Crippen molar-refractivity contribution in [3.05, 3.63) is 85.1 Å². The quantitative estimate of drug-likeness (QED) is 0.0261. The van der Waals surface area contributed by atoms with E-state index in [0.717, 1.165) is 77.0 Å². The van der Waals surface area contributed by atoms with Gasteiger partial charge < -0.3 is 14.2 Å². The molecule has 0 aromatic heterocycles. The van der Waals surface area contributed by atoms with Gasteiger partial charge in [-0.3, -0.25) is 14.4 Å². The number of carbonyl (C=O) groups excluding carboxylic acids is 3. The van der Waals surface area contributed by atoms with Gasteiger partial charge in [-0.05, 0) is 109 Å². The minimum Gasteiger partial charge on any atom is -0.462 e. The average molecular weight is 1130 g/mol. The Morgan fingerprint density at radius 1 is 0.259 bits per heavy atom. The summed E-state index contributed by atoms with van der Waals surface area (Å²) in [5, 5.41) is 0. The number of carbonyl (C=O) groups is 3. The number of allylic oxidation sites excluding steroid dienone is 14. The van der Waals surface area contributed by atoms with Crippen molar-refractivity contribution in [2.24, 2.45) is 0 Å². The van der Waals surface area contributed by atoms with Gasteiger partial charge in [0, 0.05) is 19.3 Å². The Kier molecular flexibility index (Phi) is 66.2. The van der Waals surface area contributed by atoms with Crippen LogP contribution in [0.3, 0.4) is 0 Å². The van der Waals surface area contributed by atoms with Crippen LogP contribution in [-0.4, -0.2) is 37.2 Å². The van der Waals surface area contributed by atoms with E-state index >= 15 is 0 Å². The van der Waals surface area contributed by atoms with Crippen molar-refractivity contribution in [3.8, 4) is 0 Å². The largest absolute Gasteiger partial charge is 0.462 e. The number of hydrogen-bond donors (Lipinski definition) is 0. The third kappa shape index (κ3) is 67.3. The van der Waals surface area contributed by atoms with Crippen LogP contribution in [-0.2, 0) is 28.6 Å². The normalized spacial score (nSPS) is 12.6. The van der Waals surface area contributed by atoms with E-state index in [-0.39, 0.29) is 37.5 Å². The van der Waals surface area contributed by atoms with Crippen molar-refractivity contribution in [1.82, 2.24) is 0 Å². The molecule has 0 saturated heterocycles. The van der Waals surface area contributed by atoms with E-state index in [1.807, 2.05) is 0 Å². The third-order valence-corrected chi connectivity index (χ3v) is 15.4. The molecule has 468 valence electrons. The van der Waals surface area contributed by atoms with Crippen LogP contribution in [0.15, 0.2) is 85.1 Å². The molecule has 0 fully saturated rings. The summed E-state index contributed by atoms with van der Waals surface area (Å²) < 4.78 is 16.9. The van der Waals surface area contributed by atoms with E-state index in [2.05, 4.69) is 106 Å². The average Bonchev–Trinajstić information content (AvgIpc) is 3.47. The molecule has 0 aliphatic carbocycles. The monoisotopic (exact) mass is 1130 g/mol. The molecular weight excluding hydrogens is 997 g/mol. The molecule has 6 heteroatoms. The second kappa shape index (κ2) is 69.1. The van der Waals surface area contributed by atoms with Crippen LogP contribution >= 0.6 is 0 Å². The summed E-state index contributed by atoms with van der Waals surface area (Å²) in [5.74, 6) is -0.938. The highest BCUT2D eigenvalue weighted by molar-refractivity contribution is 5.71. The molecular formula is C75H132O6. The van der Waals surface area contributed by atoms with Crippen LogP contribution in [0.4, 0.5) is 0 Å². The second-order valence-electron chi connectivity index (χ2n) is 23.4. The molecule has 0 amide bonds. The molecule has 0 aliphatic rings. The first-order valence-corrected chi connectivity index (χ1v) is 35.1. The Bertz CT molecular complexity index is 1530. The number of rotatable bonds is 64. The van der Waals surface area contributed by atoms with Gasteiger partial charge in [-0.2, -0.15) is 0 Å². The van der Waals surface area contributed by atoms with Gasteiger partial charge in [-0.15, -0.1) is 0 Å². The molecule has 0 aromatic carbocycles. The Morgan fingerprint density at radius 2 is 0.494 bits per heavy atom. The highest BCUT2D eigenvalue weighted by Crippen LogP contribution is 2.17. The Labute approximate surface area is 503 Å². The molecule has 0 rings (SSSR count). The minimum absolute atomic E-state index is 0.0926. The SMILES string of the molecule is CC/C=C\C/C=C\C/C=C\C/C=C\C/C=C\CCCC(=O)OCC(COC(=O)CCCCCCCCCCCCCCCCC/C=C\CCCCCCCCCC)OC(=O)CCCCCCCCCCC/C=C\CCCCCCCC. The van der Waals surface area contributed by atoms with Gasteiger partial charge in [0.05, 0.1) is 0 Å². The zero-order chi connectivity index (χ0) is 58.5. The van der Waals surface area contributed by atoms with Crippen LogP contribution in [0.5, 0.6) is 0 Å². The Hall–Kier alpha value is -3.41. The summed E-state index contributed by atoms with van der Waals surface area (Å²) in [4.78, 5) is 38.4. The van der Waals surface area contributed by atoms with Crippen molar-refractivity contribution in [2.75, 3.05) is 13.2 Å². The van der Waals surface area contributed by atoms with E-state index in [9.17, 15) is 14.4 Å². The van der Waals surface area contributed by atoms with Crippen LogP contribution in [0, 0.1) is 0 Å². The summed E-state index contributed by atoms with van der Waals surface area (Å²) in [5.41, 5.74) is 0. The number of hydrogen-bond acceptors (Lipinski definition) is 6. The van der Waals surface area contributed by atoms with Crippen molar-refractivity contribution in [1.29, 1.82) is 0 Å². The summed E-state index contributed by atoms with van der Waals surface area (Å²) >= 11 is 0. The van der Waals surface area contributed by atoms with Crippen LogP contribution in [0.25, 0.3) is 0 Å². The topological polar surface area (TPSA) is 78.9 Å². The maximum Gasteiger partial charge on any atom is 0.306 e. The summed E-state index contributed by atoms with van der Waals surface area (Å²) in [6.07, 6.45) is 91.9. The predicted octanol–water partition coefficient (Wildman–Crippen LogP) is 24.2. The summed E-state index contributed by atoms with van der Waals surface area (Å²) in [7, 11) is 0. The molecule has 1 atom stereocenters. The lowest BCUT2D eigenvalue weighted by Crippen LogP contribution is -2.30. The first kappa shape index (κ1) is 77.6. The Morgan fingerprint density at radius 3 is 0.815 bits per heavy atom. The van der Waals surface area contributed by atoms with Gasteiger partial charge in [0.2, 0.25) is 0 Å². The van der Waals surface area contributed by atoms with Crippen LogP contribution < -0.4 is 0 Å². The smallest absolute Gasteiger partial charge is 0.306 e. The molecule has 0 saturated carbocycles. The molecule has 0 bridgehead atoms.